The number of nitrogens with one attached hydrogen (secondary N) is 2. The van der Waals surface area contributed by atoms with Crippen molar-refractivity contribution in [3.8, 4) is 11.1 Å². The fourth-order valence-electron chi connectivity index (χ4n) is 3.22. The molecule has 126 valence electrons. The maximum Gasteiger partial charge on any atom is 0.319 e. The van der Waals surface area contributed by atoms with Crippen molar-refractivity contribution in [1.29, 1.82) is 0 Å². The van der Waals surface area contributed by atoms with Gasteiger partial charge in [-0.1, -0.05) is 37.1 Å². The monoisotopic (exact) mass is 328 g/mol. The molecule has 0 bridgehead atoms. The number of halogens is 1. The summed E-state index contributed by atoms with van der Waals surface area (Å²) in [4.78, 5) is 12.2. The van der Waals surface area contributed by atoms with Crippen LogP contribution < -0.4 is 10.6 Å². The van der Waals surface area contributed by atoms with Crippen LogP contribution in [0.2, 0.25) is 0 Å². The molecule has 24 heavy (non-hydrogen) atoms. The lowest BCUT2D eigenvalue weighted by Crippen LogP contribution is -2.50. The van der Waals surface area contributed by atoms with Gasteiger partial charge in [0.2, 0.25) is 0 Å². The first-order chi connectivity index (χ1) is 11.6. The predicted octanol–water partition coefficient (Wildman–Crippen LogP) is 3.92. The topological polar surface area (TPSA) is 61.4 Å². The molecule has 5 heteroatoms. The summed E-state index contributed by atoms with van der Waals surface area (Å²) < 4.78 is 13.4. The molecule has 0 heterocycles. The third-order valence-electron chi connectivity index (χ3n) is 4.52. The minimum absolute atomic E-state index is 0.0518. The van der Waals surface area contributed by atoms with Gasteiger partial charge in [-0.3, -0.25) is 0 Å². The Labute approximate surface area is 140 Å². The third kappa shape index (κ3) is 3.74. The summed E-state index contributed by atoms with van der Waals surface area (Å²) in [6, 6.07) is 13.3. The van der Waals surface area contributed by atoms with Crippen LogP contribution >= 0.6 is 0 Å². The molecule has 0 aromatic heterocycles. The summed E-state index contributed by atoms with van der Waals surface area (Å²) in [5.74, 6) is -0.297. The Morgan fingerprint density at radius 2 is 1.75 bits per heavy atom. The number of urea groups is 1. The molecule has 3 rings (SSSR count). The second kappa shape index (κ2) is 7.01. The SMILES string of the molecule is O=C(Nc1cccc(-c2cccc(F)c2)c1)NC1(CO)CCCC1. The first-order valence-electron chi connectivity index (χ1n) is 8.16. The van der Waals surface area contributed by atoms with Crippen LogP contribution in [0.4, 0.5) is 14.9 Å². The molecule has 1 fully saturated rings. The quantitative estimate of drug-likeness (QED) is 0.796. The number of hydrogen-bond acceptors (Lipinski definition) is 2. The first kappa shape index (κ1) is 16.5. The Morgan fingerprint density at radius 1 is 1.08 bits per heavy atom. The van der Waals surface area contributed by atoms with Crippen molar-refractivity contribution in [2.24, 2.45) is 0 Å². The number of aliphatic hydroxyl groups is 1. The van der Waals surface area contributed by atoms with E-state index < -0.39 is 5.54 Å². The molecule has 0 radical (unpaired) electrons. The molecule has 1 saturated carbocycles. The van der Waals surface area contributed by atoms with Gasteiger partial charge in [-0.2, -0.15) is 0 Å². The zero-order valence-corrected chi connectivity index (χ0v) is 13.4. The lowest BCUT2D eigenvalue weighted by Gasteiger charge is -2.28. The highest BCUT2D eigenvalue weighted by Crippen LogP contribution is 2.29. The zero-order valence-electron chi connectivity index (χ0n) is 13.4. The molecular formula is C19H21FN2O2. The number of hydrogen-bond donors (Lipinski definition) is 3. The Kier molecular flexibility index (Phi) is 4.81. The second-order valence-corrected chi connectivity index (χ2v) is 6.32. The van der Waals surface area contributed by atoms with Crippen molar-refractivity contribution in [3.63, 3.8) is 0 Å². The molecule has 4 nitrogen and oxygen atoms in total. The fourth-order valence-corrected chi connectivity index (χ4v) is 3.22. The van der Waals surface area contributed by atoms with Crippen LogP contribution in [0.5, 0.6) is 0 Å². The Bertz CT molecular complexity index is 727. The minimum atomic E-state index is -0.510. The van der Waals surface area contributed by atoms with E-state index in [1.54, 1.807) is 18.2 Å². The van der Waals surface area contributed by atoms with Crippen LogP contribution in [-0.4, -0.2) is 23.3 Å². The number of rotatable bonds is 4. The average Bonchev–Trinajstić information content (AvgIpc) is 3.04. The van der Waals surface area contributed by atoms with Gasteiger partial charge in [-0.05, 0) is 48.2 Å². The second-order valence-electron chi connectivity index (χ2n) is 6.32. The summed E-state index contributed by atoms with van der Waals surface area (Å²) in [6.07, 6.45) is 3.60. The van der Waals surface area contributed by atoms with E-state index in [9.17, 15) is 14.3 Å². The van der Waals surface area contributed by atoms with Crippen LogP contribution in [0.15, 0.2) is 48.5 Å². The molecule has 2 aromatic carbocycles. The summed E-state index contributed by atoms with van der Waals surface area (Å²) in [5, 5.41) is 15.3. The van der Waals surface area contributed by atoms with Gasteiger partial charge in [0.15, 0.2) is 0 Å². The number of carbonyl (C=O) groups is 1. The molecular weight excluding hydrogens is 307 g/mol. The fraction of sp³-hybridized carbons (Fsp3) is 0.316. The molecule has 0 spiro atoms. The van der Waals surface area contributed by atoms with Crippen molar-refractivity contribution in [1.82, 2.24) is 5.32 Å². The van der Waals surface area contributed by atoms with Crippen LogP contribution in [0.3, 0.4) is 0 Å². The van der Waals surface area contributed by atoms with Crippen LogP contribution in [0.1, 0.15) is 25.7 Å². The molecule has 0 aliphatic heterocycles. The van der Waals surface area contributed by atoms with Crippen molar-refractivity contribution in [3.05, 3.63) is 54.3 Å². The van der Waals surface area contributed by atoms with Crippen molar-refractivity contribution in [2.45, 2.75) is 31.2 Å². The lowest BCUT2D eigenvalue weighted by molar-refractivity contribution is 0.167. The molecule has 3 N–H and O–H groups in total. The van der Waals surface area contributed by atoms with E-state index in [0.717, 1.165) is 36.8 Å². The highest BCUT2D eigenvalue weighted by Gasteiger charge is 2.34. The number of amides is 2. The van der Waals surface area contributed by atoms with E-state index in [-0.39, 0.29) is 18.5 Å². The lowest BCUT2D eigenvalue weighted by atomic mass is 9.99. The predicted molar refractivity (Wildman–Crippen MR) is 92.3 cm³/mol. The van der Waals surface area contributed by atoms with E-state index in [2.05, 4.69) is 10.6 Å². The van der Waals surface area contributed by atoms with Gasteiger partial charge < -0.3 is 15.7 Å². The molecule has 2 amide bonds. The van der Waals surface area contributed by atoms with Crippen molar-refractivity contribution >= 4 is 11.7 Å². The highest BCUT2D eigenvalue weighted by atomic mass is 19.1. The van der Waals surface area contributed by atoms with Gasteiger partial charge in [0.1, 0.15) is 5.82 Å². The standard InChI is InChI=1S/C19H21FN2O2/c20-16-7-3-5-14(11-16)15-6-4-8-17(12-15)21-18(24)22-19(13-23)9-1-2-10-19/h3-8,11-12,23H,1-2,9-10,13H2,(H2,21,22,24). The van der Waals surface area contributed by atoms with Crippen molar-refractivity contribution < 1.29 is 14.3 Å². The van der Waals surface area contributed by atoms with E-state index in [4.69, 9.17) is 0 Å². The third-order valence-corrected chi connectivity index (χ3v) is 4.52. The molecule has 0 atom stereocenters. The van der Waals surface area contributed by atoms with Gasteiger partial charge in [0, 0.05) is 5.69 Å². The largest absolute Gasteiger partial charge is 0.394 e. The van der Waals surface area contributed by atoms with Gasteiger partial charge in [-0.25, -0.2) is 9.18 Å². The average molecular weight is 328 g/mol. The van der Waals surface area contributed by atoms with E-state index in [0.29, 0.717) is 5.69 Å². The molecule has 0 unspecified atom stereocenters. The summed E-state index contributed by atoms with van der Waals surface area (Å²) in [6.45, 7) is -0.0518. The molecule has 1 aliphatic carbocycles. The molecule has 0 saturated heterocycles. The van der Waals surface area contributed by atoms with E-state index in [1.165, 1.54) is 12.1 Å². The Balaban J connectivity index is 1.71. The first-order valence-corrected chi connectivity index (χ1v) is 8.16. The van der Waals surface area contributed by atoms with E-state index in [1.807, 2.05) is 18.2 Å². The van der Waals surface area contributed by atoms with Crippen molar-refractivity contribution in [2.75, 3.05) is 11.9 Å². The molecule has 2 aromatic rings. The van der Waals surface area contributed by atoms with Gasteiger partial charge >= 0.3 is 6.03 Å². The Morgan fingerprint density at radius 3 is 2.42 bits per heavy atom. The molecule has 1 aliphatic rings. The number of carbonyl (C=O) groups excluding carboxylic acids is 1. The van der Waals surface area contributed by atoms with Gasteiger partial charge in [0.05, 0.1) is 12.1 Å². The van der Waals surface area contributed by atoms with E-state index >= 15 is 0 Å². The van der Waals surface area contributed by atoms with Gasteiger partial charge in [-0.15, -0.1) is 0 Å². The van der Waals surface area contributed by atoms with Crippen LogP contribution in [-0.2, 0) is 0 Å². The number of anilines is 1. The van der Waals surface area contributed by atoms with Gasteiger partial charge in [0.25, 0.3) is 0 Å². The Hall–Kier alpha value is -2.40. The van der Waals surface area contributed by atoms with Crippen LogP contribution in [0.25, 0.3) is 11.1 Å². The number of benzene rings is 2. The zero-order chi connectivity index (χ0) is 17.0. The summed E-state index contributed by atoms with van der Waals surface area (Å²) >= 11 is 0. The normalized spacial score (nSPS) is 15.9. The highest BCUT2D eigenvalue weighted by molar-refractivity contribution is 5.90. The number of aliphatic hydroxyl groups excluding tert-OH is 1. The summed E-state index contributed by atoms with van der Waals surface area (Å²) in [5.41, 5.74) is 1.69. The summed E-state index contributed by atoms with van der Waals surface area (Å²) in [7, 11) is 0. The smallest absolute Gasteiger partial charge is 0.319 e. The maximum absolute atomic E-state index is 13.4. The van der Waals surface area contributed by atoms with Crippen LogP contribution in [0, 0.1) is 5.82 Å². The maximum atomic E-state index is 13.4. The minimum Gasteiger partial charge on any atom is -0.394 e.